The van der Waals surface area contributed by atoms with Gasteiger partial charge >= 0.3 is 6.03 Å². The Kier molecular flexibility index (Phi) is 2.65. The molecule has 3 aliphatic rings. The van der Waals surface area contributed by atoms with Crippen molar-refractivity contribution in [3.63, 3.8) is 0 Å². The van der Waals surface area contributed by atoms with E-state index in [1.54, 1.807) is 0 Å². The van der Waals surface area contributed by atoms with Crippen LogP contribution in [0.15, 0.2) is 24.3 Å². The van der Waals surface area contributed by atoms with Crippen LogP contribution in [0.5, 0.6) is 0 Å². The van der Waals surface area contributed by atoms with E-state index in [-0.39, 0.29) is 11.9 Å². The van der Waals surface area contributed by atoms with Gasteiger partial charge in [0.2, 0.25) is 0 Å². The standard InChI is InChI=1S/C17H20N2O2/c1-11-2-4-12(5-3-11)10-19-15(20)17(13-6-7-13,14-8-9-14)18-16(19)21/h2-5,13-14H,6-10H2,1H3,(H,18,21). The molecule has 1 saturated heterocycles. The molecule has 0 atom stereocenters. The van der Waals surface area contributed by atoms with Gasteiger partial charge in [-0.05, 0) is 50.0 Å². The predicted molar refractivity (Wildman–Crippen MR) is 78.4 cm³/mol. The number of aryl methyl sites for hydroxylation is 1. The number of rotatable bonds is 4. The third-order valence-corrected chi connectivity index (χ3v) is 5.06. The lowest BCUT2D eigenvalue weighted by Crippen LogP contribution is -2.51. The second-order valence-electron chi connectivity index (χ2n) is 6.72. The molecule has 2 saturated carbocycles. The highest BCUT2D eigenvalue weighted by atomic mass is 16.2. The molecule has 0 aromatic heterocycles. The predicted octanol–water partition coefficient (Wildman–Crippen LogP) is 2.61. The molecule has 1 aromatic rings. The van der Waals surface area contributed by atoms with Gasteiger partial charge in [0.15, 0.2) is 0 Å². The minimum Gasteiger partial charge on any atom is -0.323 e. The van der Waals surface area contributed by atoms with E-state index < -0.39 is 5.54 Å². The zero-order valence-electron chi connectivity index (χ0n) is 12.3. The smallest absolute Gasteiger partial charge is 0.323 e. The Balaban J connectivity index is 1.59. The Morgan fingerprint density at radius 1 is 1.10 bits per heavy atom. The van der Waals surface area contributed by atoms with E-state index in [1.807, 2.05) is 31.2 Å². The molecule has 2 aliphatic carbocycles. The summed E-state index contributed by atoms with van der Waals surface area (Å²) >= 11 is 0. The number of nitrogens with one attached hydrogen (secondary N) is 1. The summed E-state index contributed by atoms with van der Waals surface area (Å²) in [6.45, 7) is 2.41. The summed E-state index contributed by atoms with van der Waals surface area (Å²) < 4.78 is 0. The molecule has 1 N–H and O–H groups in total. The van der Waals surface area contributed by atoms with Crippen molar-refractivity contribution in [3.8, 4) is 0 Å². The fraction of sp³-hybridized carbons (Fsp3) is 0.529. The average molecular weight is 284 g/mol. The Morgan fingerprint density at radius 3 is 2.19 bits per heavy atom. The summed E-state index contributed by atoms with van der Waals surface area (Å²) in [6.07, 6.45) is 4.28. The maximum atomic E-state index is 12.9. The summed E-state index contributed by atoms with van der Waals surface area (Å²) in [5, 5.41) is 3.06. The van der Waals surface area contributed by atoms with Gasteiger partial charge in [0.05, 0.1) is 6.54 Å². The number of carbonyl (C=O) groups excluding carboxylic acids is 2. The van der Waals surface area contributed by atoms with Gasteiger partial charge in [-0.3, -0.25) is 9.69 Å². The fourth-order valence-corrected chi connectivity index (χ4v) is 3.60. The van der Waals surface area contributed by atoms with Crippen LogP contribution in [0.25, 0.3) is 0 Å². The summed E-state index contributed by atoms with van der Waals surface area (Å²) in [7, 11) is 0. The molecule has 110 valence electrons. The molecule has 1 aliphatic heterocycles. The van der Waals surface area contributed by atoms with Crippen LogP contribution in [0.2, 0.25) is 0 Å². The quantitative estimate of drug-likeness (QED) is 0.864. The van der Waals surface area contributed by atoms with Gasteiger partial charge in [-0.2, -0.15) is 0 Å². The van der Waals surface area contributed by atoms with Crippen LogP contribution in [0.3, 0.4) is 0 Å². The van der Waals surface area contributed by atoms with Gasteiger partial charge < -0.3 is 5.32 Å². The van der Waals surface area contributed by atoms with Gasteiger partial charge in [-0.1, -0.05) is 29.8 Å². The minimum atomic E-state index is -0.568. The largest absolute Gasteiger partial charge is 0.325 e. The van der Waals surface area contributed by atoms with Crippen LogP contribution in [-0.4, -0.2) is 22.4 Å². The molecular weight excluding hydrogens is 264 g/mol. The van der Waals surface area contributed by atoms with E-state index in [2.05, 4.69) is 5.32 Å². The van der Waals surface area contributed by atoms with Crippen LogP contribution in [-0.2, 0) is 11.3 Å². The Morgan fingerprint density at radius 2 is 1.67 bits per heavy atom. The monoisotopic (exact) mass is 284 g/mol. The molecule has 4 nitrogen and oxygen atoms in total. The molecule has 0 spiro atoms. The van der Waals surface area contributed by atoms with E-state index in [1.165, 1.54) is 10.5 Å². The highest BCUT2D eigenvalue weighted by molar-refractivity contribution is 6.07. The van der Waals surface area contributed by atoms with E-state index in [0.717, 1.165) is 31.2 Å². The highest BCUT2D eigenvalue weighted by Gasteiger charge is 2.65. The van der Waals surface area contributed by atoms with E-state index in [0.29, 0.717) is 18.4 Å². The van der Waals surface area contributed by atoms with Crippen molar-refractivity contribution < 1.29 is 9.59 Å². The molecule has 3 amide bonds. The van der Waals surface area contributed by atoms with Gasteiger partial charge in [0, 0.05) is 0 Å². The van der Waals surface area contributed by atoms with Crippen molar-refractivity contribution in [3.05, 3.63) is 35.4 Å². The van der Waals surface area contributed by atoms with Crippen LogP contribution >= 0.6 is 0 Å². The first-order chi connectivity index (χ1) is 10.1. The molecule has 0 bridgehead atoms. The minimum absolute atomic E-state index is 0.0121. The van der Waals surface area contributed by atoms with Crippen molar-refractivity contribution in [1.82, 2.24) is 10.2 Å². The number of nitrogens with zero attached hydrogens (tertiary/aromatic N) is 1. The number of hydrogen-bond donors (Lipinski definition) is 1. The first-order valence-corrected chi connectivity index (χ1v) is 7.81. The maximum absolute atomic E-state index is 12.9. The maximum Gasteiger partial charge on any atom is 0.325 e. The zero-order chi connectivity index (χ0) is 14.6. The molecule has 3 fully saturated rings. The van der Waals surface area contributed by atoms with E-state index in [9.17, 15) is 9.59 Å². The van der Waals surface area contributed by atoms with Gasteiger partial charge in [0.25, 0.3) is 5.91 Å². The van der Waals surface area contributed by atoms with Crippen molar-refractivity contribution in [2.75, 3.05) is 0 Å². The number of imide groups is 1. The molecule has 4 heteroatoms. The lowest BCUT2D eigenvalue weighted by Gasteiger charge is -2.26. The van der Waals surface area contributed by atoms with Crippen LogP contribution in [0, 0.1) is 18.8 Å². The second-order valence-corrected chi connectivity index (χ2v) is 6.72. The third kappa shape index (κ3) is 1.96. The van der Waals surface area contributed by atoms with E-state index >= 15 is 0 Å². The van der Waals surface area contributed by atoms with Crippen molar-refractivity contribution in [2.24, 2.45) is 11.8 Å². The Hall–Kier alpha value is -1.84. The summed E-state index contributed by atoms with van der Waals surface area (Å²) in [5.41, 5.74) is 1.62. The van der Waals surface area contributed by atoms with Gasteiger partial charge in [-0.25, -0.2) is 4.79 Å². The third-order valence-electron chi connectivity index (χ3n) is 5.06. The molecule has 21 heavy (non-hydrogen) atoms. The number of benzene rings is 1. The molecule has 1 aromatic carbocycles. The normalized spacial score (nSPS) is 24.3. The van der Waals surface area contributed by atoms with Crippen LogP contribution in [0.1, 0.15) is 36.8 Å². The lowest BCUT2D eigenvalue weighted by atomic mass is 9.87. The van der Waals surface area contributed by atoms with Crippen LogP contribution < -0.4 is 5.32 Å². The van der Waals surface area contributed by atoms with Crippen molar-refractivity contribution >= 4 is 11.9 Å². The first-order valence-electron chi connectivity index (χ1n) is 7.81. The molecule has 4 rings (SSSR count). The van der Waals surface area contributed by atoms with E-state index in [4.69, 9.17) is 0 Å². The number of amides is 3. The number of carbonyl (C=O) groups is 2. The van der Waals surface area contributed by atoms with Crippen molar-refractivity contribution in [2.45, 2.75) is 44.7 Å². The molecule has 0 unspecified atom stereocenters. The average Bonchev–Trinajstić information content (AvgIpc) is 3.36. The Bertz CT molecular complexity index is 588. The highest BCUT2D eigenvalue weighted by Crippen LogP contribution is 2.54. The molecular formula is C17H20N2O2. The summed E-state index contributed by atoms with van der Waals surface area (Å²) in [6, 6.07) is 7.80. The van der Waals surface area contributed by atoms with Crippen molar-refractivity contribution in [1.29, 1.82) is 0 Å². The summed E-state index contributed by atoms with van der Waals surface area (Å²) in [4.78, 5) is 26.7. The topological polar surface area (TPSA) is 49.4 Å². The SMILES string of the molecule is Cc1ccc(CN2C(=O)NC(C3CC3)(C3CC3)C2=O)cc1. The number of urea groups is 1. The van der Waals surface area contributed by atoms with Crippen LogP contribution in [0.4, 0.5) is 4.79 Å². The molecule has 1 heterocycles. The first kappa shape index (κ1) is 12.9. The van der Waals surface area contributed by atoms with Gasteiger partial charge in [0.1, 0.15) is 5.54 Å². The van der Waals surface area contributed by atoms with Gasteiger partial charge in [-0.15, -0.1) is 0 Å². The Labute approximate surface area is 124 Å². The zero-order valence-corrected chi connectivity index (χ0v) is 12.3. The summed E-state index contributed by atoms with van der Waals surface area (Å²) in [5.74, 6) is 0.743. The molecule has 0 radical (unpaired) electrons. The second kappa shape index (κ2) is 4.33. The lowest BCUT2D eigenvalue weighted by molar-refractivity contribution is -0.133. The number of hydrogen-bond acceptors (Lipinski definition) is 2. The fourth-order valence-electron chi connectivity index (χ4n) is 3.60.